The van der Waals surface area contributed by atoms with Gasteiger partial charge in [-0.05, 0) is 6.92 Å². The molecule has 1 aliphatic rings. The van der Waals surface area contributed by atoms with Crippen LogP contribution in [0, 0.1) is 0 Å². The predicted octanol–water partition coefficient (Wildman–Crippen LogP) is 0.513. The highest BCUT2D eigenvalue weighted by Crippen LogP contribution is 2.43. The number of esters is 1. The van der Waals surface area contributed by atoms with E-state index in [-0.39, 0.29) is 12.0 Å². The summed E-state index contributed by atoms with van der Waals surface area (Å²) in [6, 6.07) is 0. The molecule has 86 valence electrons. The van der Waals surface area contributed by atoms with E-state index in [2.05, 4.69) is 9.72 Å². The molecule has 1 heterocycles. The molecule has 0 bridgehead atoms. The van der Waals surface area contributed by atoms with E-state index in [0.717, 1.165) is 0 Å². The second-order valence-electron chi connectivity index (χ2n) is 4.13. The largest absolute Gasteiger partial charge is 0.465 e. The number of aromatic nitrogens is 1. The third kappa shape index (κ3) is 1.48. The Morgan fingerprint density at radius 3 is 2.94 bits per heavy atom. The molecule has 0 saturated carbocycles. The van der Waals surface area contributed by atoms with Gasteiger partial charge in [0.05, 0.1) is 24.4 Å². The Morgan fingerprint density at radius 1 is 1.62 bits per heavy atom. The number of pyridine rings is 1. The molecule has 2 atom stereocenters. The number of ether oxygens (including phenoxy) is 1. The first-order chi connectivity index (χ1) is 7.47. The van der Waals surface area contributed by atoms with Crippen LogP contribution in [0.1, 0.15) is 40.9 Å². The van der Waals surface area contributed by atoms with Crippen molar-refractivity contribution in [3.63, 3.8) is 0 Å². The van der Waals surface area contributed by atoms with Gasteiger partial charge in [0.2, 0.25) is 0 Å². The van der Waals surface area contributed by atoms with Crippen LogP contribution in [0.25, 0.3) is 0 Å². The predicted molar refractivity (Wildman–Crippen MR) is 54.7 cm³/mol. The number of fused-ring (bicyclic) bond motifs is 1. The lowest BCUT2D eigenvalue weighted by molar-refractivity contribution is 0.0224. The van der Waals surface area contributed by atoms with Crippen LogP contribution in [0.4, 0.5) is 0 Å². The van der Waals surface area contributed by atoms with Gasteiger partial charge in [0.15, 0.2) is 0 Å². The zero-order valence-electron chi connectivity index (χ0n) is 9.10. The second-order valence-corrected chi connectivity index (χ2v) is 4.13. The van der Waals surface area contributed by atoms with Crippen molar-refractivity contribution < 1.29 is 19.7 Å². The number of aliphatic hydroxyl groups excluding tert-OH is 1. The van der Waals surface area contributed by atoms with E-state index in [9.17, 15) is 15.0 Å². The number of hydrogen-bond acceptors (Lipinski definition) is 5. The number of hydrogen-bond donors (Lipinski definition) is 2. The van der Waals surface area contributed by atoms with Crippen molar-refractivity contribution in [3.05, 3.63) is 29.1 Å². The van der Waals surface area contributed by atoms with Crippen LogP contribution in [-0.2, 0) is 10.3 Å². The molecule has 1 aliphatic carbocycles. The summed E-state index contributed by atoms with van der Waals surface area (Å²) in [6.45, 7) is 1.59. The van der Waals surface area contributed by atoms with Crippen LogP contribution in [0.2, 0.25) is 0 Å². The maximum Gasteiger partial charge on any atom is 0.339 e. The van der Waals surface area contributed by atoms with E-state index in [4.69, 9.17) is 0 Å². The van der Waals surface area contributed by atoms with E-state index < -0.39 is 17.7 Å². The Morgan fingerprint density at radius 2 is 2.31 bits per heavy atom. The van der Waals surface area contributed by atoms with Crippen molar-refractivity contribution in [3.8, 4) is 0 Å². The van der Waals surface area contributed by atoms with Crippen LogP contribution in [0.15, 0.2) is 12.4 Å². The Balaban J connectivity index is 2.61. The van der Waals surface area contributed by atoms with Gasteiger partial charge in [-0.25, -0.2) is 4.79 Å². The minimum absolute atomic E-state index is 0.165. The molecule has 0 aromatic carbocycles. The lowest BCUT2D eigenvalue weighted by Crippen LogP contribution is -2.17. The highest BCUT2D eigenvalue weighted by molar-refractivity contribution is 5.91. The van der Waals surface area contributed by atoms with E-state index in [1.165, 1.54) is 19.5 Å². The maximum absolute atomic E-state index is 11.5. The number of rotatable bonds is 1. The van der Waals surface area contributed by atoms with Crippen LogP contribution in [0.5, 0.6) is 0 Å². The van der Waals surface area contributed by atoms with Crippen LogP contribution < -0.4 is 0 Å². The first-order valence-electron chi connectivity index (χ1n) is 4.94. The third-order valence-corrected chi connectivity index (χ3v) is 2.90. The number of methoxy groups -OCH3 is 1. The second kappa shape index (κ2) is 3.54. The van der Waals surface area contributed by atoms with Crippen LogP contribution >= 0.6 is 0 Å². The lowest BCUT2D eigenvalue weighted by atomic mass is 9.99. The minimum atomic E-state index is -1.15. The van der Waals surface area contributed by atoms with Gasteiger partial charge in [-0.3, -0.25) is 4.98 Å². The minimum Gasteiger partial charge on any atom is -0.465 e. The molecule has 2 rings (SSSR count). The van der Waals surface area contributed by atoms with Crippen molar-refractivity contribution in [2.24, 2.45) is 0 Å². The standard InChI is InChI=1S/C11H13NO4/c1-11(15)3-8(13)9-6(10(14)16-2)4-12-5-7(9)11/h4-5,8,13,15H,3H2,1-2H3. The van der Waals surface area contributed by atoms with E-state index in [0.29, 0.717) is 11.1 Å². The molecule has 2 unspecified atom stereocenters. The van der Waals surface area contributed by atoms with Gasteiger partial charge in [0.25, 0.3) is 0 Å². The summed E-state index contributed by atoms with van der Waals surface area (Å²) in [4.78, 5) is 15.4. The highest BCUT2D eigenvalue weighted by atomic mass is 16.5. The van der Waals surface area contributed by atoms with Gasteiger partial charge in [0, 0.05) is 29.9 Å². The highest BCUT2D eigenvalue weighted by Gasteiger charge is 2.41. The van der Waals surface area contributed by atoms with E-state index >= 15 is 0 Å². The first kappa shape index (κ1) is 11.0. The molecule has 0 radical (unpaired) electrons. The summed E-state index contributed by atoms with van der Waals surface area (Å²) >= 11 is 0. The molecule has 0 saturated heterocycles. The molecule has 16 heavy (non-hydrogen) atoms. The van der Waals surface area contributed by atoms with Crippen molar-refractivity contribution in [2.75, 3.05) is 7.11 Å². The zero-order chi connectivity index (χ0) is 11.9. The van der Waals surface area contributed by atoms with E-state index in [1.54, 1.807) is 6.92 Å². The van der Waals surface area contributed by atoms with Gasteiger partial charge >= 0.3 is 5.97 Å². The fourth-order valence-corrected chi connectivity index (χ4v) is 2.12. The Labute approximate surface area is 92.7 Å². The topological polar surface area (TPSA) is 79.7 Å². The molecule has 0 spiro atoms. The van der Waals surface area contributed by atoms with Crippen molar-refractivity contribution in [1.82, 2.24) is 4.98 Å². The summed E-state index contributed by atoms with van der Waals surface area (Å²) in [5.41, 5.74) is -0.0220. The lowest BCUT2D eigenvalue weighted by Gasteiger charge is -2.16. The average Bonchev–Trinajstić information content (AvgIpc) is 2.48. The molecule has 1 aromatic heterocycles. The molecular weight excluding hydrogens is 210 g/mol. The molecule has 0 fully saturated rings. The van der Waals surface area contributed by atoms with E-state index in [1.807, 2.05) is 0 Å². The van der Waals surface area contributed by atoms with Crippen molar-refractivity contribution in [1.29, 1.82) is 0 Å². The quantitative estimate of drug-likeness (QED) is 0.678. The van der Waals surface area contributed by atoms with Crippen LogP contribution in [-0.4, -0.2) is 28.3 Å². The molecule has 2 N–H and O–H groups in total. The summed E-state index contributed by atoms with van der Waals surface area (Å²) in [6.07, 6.45) is 2.12. The molecule has 5 nitrogen and oxygen atoms in total. The maximum atomic E-state index is 11.5. The number of nitrogens with zero attached hydrogens (tertiary/aromatic N) is 1. The smallest absolute Gasteiger partial charge is 0.339 e. The summed E-state index contributed by atoms with van der Waals surface area (Å²) in [5, 5.41) is 19.9. The Hall–Kier alpha value is -1.46. The fraction of sp³-hybridized carbons (Fsp3) is 0.455. The summed E-state index contributed by atoms with van der Waals surface area (Å²) < 4.78 is 4.61. The fourth-order valence-electron chi connectivity index (χ4n) is 2.12. The average molecular weight is 223 g/mol. The molecule has 0 amide bonds. The van der Waals surface area contributed by atoms with Gasteiger partial charge in [0.1, 0.15) is 0 Å². The third-order valence-electron chi connectivity index (χ3n) is 2.90. The number of aliphatic hydroxyl groups is 2. The molecule has 5 heteroatoms. The van der Waals surface area contributed by atoms with Crippen molar-refractivity contribution >= 4 is 5.97 Å². The van der Waals surface area contributed by atoms with Crippen LogP contribution in [0.3, 0.4) is 0 Å². The molecule has 1 aromatic rings. The molecular formula is C11H13NO4. The Kier molecular flexibility index (Phi) is 2.44. The number of carbonyl (C=O) groups excluding carboxylic acids is 1. The zero-order valence-corrected chi connectivity index (χ0v) is 9.10. The van der Waals surface area contributed by atoms with Gasteiger partial charge < -0.3 is 14.9 Å². The van der Waals surface area contributed by atoms with Gasteiger partial charge in [-0.2, -0.15) is 0 Å². The van der Waals surface area contributed by atoms with Crippen molar-refractivity contribution in [2.45, 2.75) is 25.0 Å². The SMILES string of the molecule is COC(=O)c1cncc2c1C(O)CC2(C)O. The number of carbonyl (C=O) groups is 1. The van der Waals surface area contributed by atoms with Gasteiger partial charge in [-0.1, -0.05) is 0 Å². The molecule has 0 aliphatic heterocycles. The summed E-state index contributed by atoms with van der Waals surface area (Å²) in [5.74, 6) is -0.555. The van der Waals surface area contributed by atoms with Gasteiger partial charge in [-0.15, -0.1) is 0 Å². The normalized spacial score (nSPS) is 27.6. The summed E-state index contributed by atoms with van der Waals surface area (Å²) in [7, 11) is 1.27. The monoisotopic (exact) mass is 223 g/mol. The Bertz CT molecular complexity index is 442. The first-order valence-corrected chi connectivity index (χ1v) is 4.94.